The summed E-state index contributed by atoms with van der Waals surface area (Å²) in [6, 6.07) is 30.9. The van der Waals surface area contributed by atoms with Gasteiger partial charge in [0.05, 0.1) is 11.8 Å². The molecule has 0 spiro atoms. The van der Waals surface area contributed by atoms with Crippen molar-refractivity contribution in [2.75, 3.05) is 5.32 Å². The van der Waals surface area contributed by atoms with E-state index in [4.69, 9.17) is 4.84 Å². The molecule has 0 aliphatic carbocycles. The first-order valence-corrected chi connectivity index (χ1v) is 8.87. The Bertz CT molecular complexity index is 801. The zero-order chi connectivity index (χ0) is 18.0. The van der Waals surface area contributed by atoms with Crippen molar-refractivity contribution in [3.8, 4) is 0 Å². The molecule has 0 saturated heterocycles. The highest BCUT2D eigenvalue weighted by molar-refractivity contribution is 5.82. The molecule has 1 atom stereocenters. The van der Waals surface area contributed by atoms with Gasteiger partial charge in [-0.2, -0.15) is 0 Å². The van der Waals surface area contributed by atoms with Gasteiger partial charge in [-0.1, -0.05) is 84.0 Å². The van der Waals surface area contributed by atoms with Crippen LogP contribution < -0.4 is 5.32 Å². The second-order valence-electron chi connectivity index (χ2n) is 6.26. The molecule has 3 rings (SSSR count). The zero-order valence-corrected chi connectivity index (χ0v) is 15.0. The van der Waals surface area contributed by atoms with Crippen molar-refractivity contribution in [1.82, 2.24) is 0 Å². The maximum Gasteiger partial charge on any atom is 0.142 e. The minimum absolute atomic E-state index is 0.141. The summed E-state index contributed by atoms with van der Waals surface area (Å²) in [5, 5.41) is 7.90. The maximum atomic E-state index is 5.53. The van der Waals surface area contributed by atoms with E-state index >= 15 is 0 Å². The Balaban J connectivity index is 1.65. The number of anilines is 1. The second kappa shape index (κ2) is 9.42. The number of hydrogen-bond acceptors (Lipinski definition) is 3. The SMILES string of the molecule is C/C(CC(Nc1ccccc1)c1ccccc1)=N\OCc1ccccc1. The Morgan fingerprint density at radius 2 is 1.42 bits per heavy atom. The summed E-state index contributed by atoms with van der Waals surface area (Å²) in [6.45, 7) is 2.49. The predicted molar refractivity (Wildman–Crippen MR) is 108 cm³/mol. The summed E-state index contributed by atoms with van der Waals surface area (Å²) < 4.78 is 0. The maximum absolute atomic E-state index is 5.53. The molecule has 0 fully saturated rings. The molecule has 0 aliphatic rings. The fourth-order valence-corrected chi connectivity index (χ4v) is 2.80. The van der Waals surface area contributed by atoms with E-state index in [2.05, 4.69) is 46.9 Å². The topological polar surface area (TPSA) is 33.6 Å². The fourth-order valence-electron chi connectivity index (χ4n) is 2.80. The largest absolute Gasteiger partial charge is 0.391 e. The molecule has 0 heterocycles. The number of rotatable bonds is 8. The van der Waals surface area contributed by atoms with Crippen LogP contribution in [0.1, 0.15) is 30.5 Å². The Hall–Kier alpha value is -3.07. The summed E-state index contributed by atoms with van der Waals surface area (Å²) in [4.78, 5) is 5.53. The monoisotopic (exact) mass is 344 g/mol. The molecule has 0 bridgehead atoms. The number of hydrogen-bond donors (Lipinski definition) is 1. The van der Waals surface area contributed by atoms with Gasteiger partial charge in [-0.25, -0.2) is 0 Å². The van der Waals surface area contributed by atoms with E-state index in [1.807, 2.05) is 61.5 Å². The lowest BCUT2D eigenvalue weighted by atomic mass is 10.0. The number of oxime groups is 1. The van der Waals surface area contributed by atoms with Gasteiger partial charge in [-0.05, 0) is 30.2 Å². The highest BCUT2D eigenvalue weighted by Gasteiger charge is 2.13. The second-order valence-corrected chi connectivity index (χ2v) is 6.26. The lowest BCUT2D eigenvalue weighted by molar-refractivity contribution is 0.129. The summed E-state index contributed by atoms with van der Waals surface area (Å²) >= 11 is 0. The van der Waals surface area contributed by atoms with Crippen LogP contribution in [-0.2, 0) is 11.4 Å². The van der Waals surface area contributed by atoms with Gasteiger partial charge in [-0.3, -0.25) is 0 Å². The third-order valence-corrected chi connectivity index (χ3v) is 4.11. The van der Waals surface area contributed by atoms with E-state index in [-0.39, 0.29) is 6.04 Å². The number of nitrogens with zero attached hydrogens (tertiary/aromatic N) is 1. The number of benzene rings is 3. The van der Waals surface area contributed by atoms with Gasteiger partial charge in [0.2, 0.25) is 0 Å². The molecule has 26 heavy (non-hydrogen) atoms. The highest BCUT2D eigenvalue weighted by atomic mass is 16.6. The van der Waals surface area contributed by atoms with Crippen LogP contribution >= 0.6 is 0 Å². The van der Waals surface area contributed by atoms with E-state index in [0.717, 1.165) is 23.4 Å². The van der Waals surface area contributed by atoms with E-state index in [1.165, 1.54) is 5.56 Å². The molecule has 3 aromatic carbocycles. The zero-order valence-electron chi connectivity index (χ0n) is 15.0. The average Bonchev–Trinajstić information content (AvgIpc) is 2.70. The van der Waals surface area contributed by atoms with E-state index in [0.29, 0.717) is 6.61 Å². The van der Waals surface area contributed by atoms with Crippen LogP contribution in [0.3, 0.4) is 0 Å². The van der Waals surface area contributed by atoms with Crippen LogP contribution in [0.4, 0.5) is 5.69 Å². The van der Waals surface area contributed by atoms with E-state index < -0.39 is 0 Å². The van der Waals surface area contributed by atoms with E-state index in [9.17, 15) is 0 Å². The lowest BCUT2D eigenvalue weighted by Gasteiger charge is -2.20. The molecule has 1 N–H and O–H groups in total. The number of para-hydroxylation sites is 1. The molecule has 3 nitrogen and oxygen atoms in total. The van der Waals surface area contributed by atoms with E-state index in [1.54, 1.807) is 0 Å². The Morgan fingerprint density at radius 1 is 0.846 bits per heavy atom. The standard InChI is InChI=1S/C23H24N2O/c1-19(25-26-18-20-11-5-2-6-12-20)17-23(21-13-7-3-8-14-21)24-22-15-9-4-10-16-22/h2-16,23-24H,17-18H2,1H3/b25-19+. The van der Waals surface area contributed by atoms with Crippen molar-refractivity contribution < 1.29 is 4.84 Å². The molecule has 0 radical (unpaired) electrons. The molecular formula is C23H24N2O. The van der Waals surface area contributed by atoms with Gasteiger partial charge in [0.15, 0.2) is 0 Å². The van der Waals surface area contributed by atoms with Gasteiger partial charge in [0.1, 0.15) is 6.61 Å². The van der Waals surface area contributed by atoms with Crippen LogP contribution in [0.2, 0.25) is 0 Å². The summed E-state index contributed by atoms with van der Waals surface area (Å²) in [7, 11) is 0. The first-order valence-electron chi connectivity index (χ1n) is 8.87. The molecule has 132 valence electrons. The third kappa shape index (κ3) is 5.49. The van der Waals surface area contributed by atoms with Crippen LogP contribution in [0.5, 0.6) is 0 Å². The molecule has 0 aromatic heterocycles. The molecule has 1 unspecified atom stereocenters. The van der Waals surface area contributed by atoms with Crippen LogP contribution in [0.25, 0.3) is 0 Å². The normalized spacial score (nSPS) is 12.4. The summed E-state index contributed by atoms with van der Waals surface area (Å²) in [5.41, 5.74) is 4.40. The van der Waals surface area contributed by atoms with Crippen molar-refractivity contribution in [3.05, 3.63) is 102 Å². The van der Waals surface area contributed by atoms with Crippen LogP contribution in [0, 0.1) is 0 Å². The lowest BCUT2D eigenvalue weighted by Crippen LogP contribution is -2.14. The van der Waals surface area contributed by atoms with Crippen molar-refractivity contribution in [2.24, 2.45) is 5.16 Å². The van der Waals surface area contributed by atoms with Crippen molar-refractivity contribution in [1.29, 1.82) is 0 Å². The molecule has 0 aliphatic heterocycles. The third-order valence-electron chi connectivity index (χ3n) is 4.11. The predicted octanol–water partition coefficient (Wildman–Crippen LogP) is 5.82. The quantitative estimate of drug-likeness (QED) is 0.412. The van der Waals surface area contributed by atoms with Crippen molar-refractivity contribution >= 4 is 11.4 Å². The Kier molecular flexibility index (Phi) is 6.43. The molecule has 0 amide bonds. The van der Waals surface area contributed by atoms with Crippen LogP contribution in [-0.4, -0.2) is 5.71 Å². The summed E-state index contributed by atoms with van der Waals surface area (Å²) in [5.74, 6) is 0. The fraction of sp³-hybridized carbons (Fsp3) is 0.174. The van der Waals surface area contributed by atoms with Gasteiger partial charge < -0.3 is 10.2 Å². The minimum atomic E-state index is 0.141. The van der Waals surface area contributed by atoms with Crippen molar-refractivity contribution in [2.45, 2.75) is 26.0 Å². The van der Waals surface area contributed by atoms with Crippen molar-refractivity contribution in [3.63, 3.8) is 0 Å². The first kappa shape index (κ1) is 17.7. The van der Waals surface area contributed by atoms with Gasteiger partial charge in [0.25, 0.3) is 0 Å². The smallest absolute Gasteiger partial charge is 0.142 e. The van der Waals surface area contributed by atoms with Gasteiger partial charge in [-0.15, -0.1) is 0 Å². The Labute approximate surface area is 155 Å². The first-order chi connectivity index (χ1) is 12.8. The molecule has 0 saturated carbocycles. The van der Waals surface area contributed by atoms with Crippen LogP contribution in [0.15, 0.2) is 96.2 Å². The highest BCUT2D eigenvalue weighted by Crippen LogP contribution is 2.23. The minimum Gasteiger partial charge on any atom is -0.391 e. The van der Waals surface area contributed by atoms with Gasteiger partial charge in [0, 0.05) is 12.1 Å². The summed E-state index contributed by atoms with van der Waals surface area (Å²) in [6.07, 6.45) is 0.772. The Morgan fingerprint density at radius 3 is 2.08 bits per heavy atom. The van der Waals surface area contributed by atoms with Gasteiger partial charge >= 0.3 is 0 Å². The molecule has 3 aromatic rings. The number of nitrogens with one attached hydrogen (secondary N) is 1. The average molecular weight is 344 g/mol. The molecule has 3 heteroatoms. The molecular weight excluding hydrogens is 320 g/mol.